The fraction of sp³-hybridized carbons (Fsp3) is 0.429. The van der Waals surface area contributed by atoms with Crippen LogP contribution in [0.3, 0.4) is 0 Å². The molecule has 0 saturated carbocycles. The lowest BCUT2D eigenvalue weighted by Crippen LogP contribution is -2.45. The number of aliphatic hydroxyl groups is 1. The van der Waals surface area contributed by atoms with E-state index in [1.54, 1.807) is 29.2 Å². The van der Waals surface area contributed by atoms with E-state index in [1.165, 1.54) is 0 Å². The average molecular weight is 278 g/mol. The molecule has 1 saturated heterocycles. The molecule has 0 aliphatic carbocycles. The predicted octanol–water partition coefficient (Wildman–Crippen LogP) is 1.16. The lowest BCUT2D eigenvalue weighted by molar-refractivity contribution is 0.0248. The van der Waals surface area contributed by atoms with Gasteiger partial charge in [0.2, 0.25) is 0 Å². The highest BCUT2D eigenvalue weighted by atomic mass is 32.1. The van der Waals surface area contributed by atoms with Gasteiger partial charge in [-0.2, -0.15) is 0 Å². The van der Waals surface area contributed by atoms with Gasteiger partial charge in [-0.15, -0.1) is 0 Å². The summed E-state index contributed by atoms with van der Waals surface area (Å²) in [6.07, 6.45) is 0.374. The van der Waals surface area contributed by atoms with Gasteiger partial charge in [-0.1, -0.05) is 31.3 Å². The van der Waals surface area contributed by atoms with Crippen LogP contribution in [0.5, 0.6) is 0 Å². The molecule has 1 aliphatic heterocycles. The van der Waals surface area contributed by atoms with E-state index in [9.17, 15) is 9.90 Å². The maximum atomic E-state index is 12.4. The Labute approximate surface area is 118 Å². The minimum atomic E-state index is -0.448. The molecule has 19 heavy (non-hydrogen) atoms. The van der Waals surface area contributed by atoms with Gasteiger partial charge in [0, 0.05) is 24.2 Å². The second-order valence-electron chi connectivity index (χ2n) is 5.03. The van der Waals surface area contributed by atoms with Crippen LogP contribution < -0.4 is 5.73 Å². The molecule has 0 spiro atoms. The number of carbonyl (C=O) groups is 1. The molecule has 2 atom stereocenters. The number of hydrogen-bond donors (Lipinski definition) is 2. The fourth-order valence-corrected chi connectivity index (χ4v) is 2.35. The van der Waals surface area contributed by atoms with Crippen molar-refractivity contribution in [2.75, 3.05) is 13.1 Å². The van der Waals surface area contributed by atoms with Crippen LogP contribution in [0, 0.1) is 5.92 Å². The molecule has 1 aliphatic rings. The van der Waals surface area contributed by atoms with Crippen LogP contribution in [0.4, 0.5) is 0 Å². The van der Waals surface area contributed by atoms with Gasteiger partial charge in [-0.25, -0.2) is 0 Å². The van der Waals surface area contributed by atoms with Crippen molar-refractivity contribution in [3.63, 3.8) is 0 Å². The number of nitrogens with two attached hydrogens (primary N) is 1. The summed E-state index contributed by atoms with van der Waals surface area (Å²) in [6, 6.07) is 7.00. The quantitative estimate of drug-likeness (QED) is 0.797. The van der Waals surface area contributed by atoms with Gasteiger partial charge >= 0.3 is 0 Å². The SMILES string of the molecule is CC1CCN(C(=O)c2cccc(C(N)=S)c2)CC1O. The van der Waals surface area contributed by atoms with Gasteiger partial charge < -0.3 is 15.7 Å². The van der Waals surface area contributed by atoms with Crippen LogP contribution in [-0.2, 0) is 0 Å². The largest absolute Gasteiger partial charge is 0.391 e. The Morgan fingerprint density at radius 2 is 2.16 bits per heavy atom. The van der Waals surface area contributed by atoms with Crippen molar-refractivity contribution in [3.05, 3.63) is 35.4 Å². The zero-order valence-electron chi connectivity index (χ0n) is 10.9. The van der Waals surface area contributed by atoms with Crippen LogP contribution in [-0.4, -0.2) is 40.1 Å². The molecule has 5 heteroatoms. The predicted molar refractivity (Wildman–Crippen MR) is 78.0 cm³/mol. The first-order valence-electron chi connectivity index (χ1n) is 6.36. The zero-order chi connectivity index (χ0) is 14.0. The van der Waals surface area contributed by atoms with Crippen molar-refractivity contribution >= 4 is 23.1 Å². The summed E-state index contributed by atoms with van der Waals surface area (Å²) in [6.45, 7) is 3.06. The minimum absolute atomic E-state index is 0.0796. The van der Waals surface area contributed by atoms with Crippen molar-refractivity contribution in [2.24, 2.45) is 11.7 Å². The third-order valence-electron chi connectivity index (χ3n) is 3.60. The monoisotopic (exact) mass is 278 g/mol. The second-order valence-corrected chi connectivity index (χ2v) is 5.47. The first kappa shape index (κ1) is 14.0. The molecule has 0 bridgehead atoms. The number of likely N-dealkylation sites (tertiary alicyclic amines) is 1. The van der Waals surface area contributed by atoms with Gasteiger partial charge in [0.1, 0.15) is 4.99 Å². The number of benzene rings is 1. The fourth-order valence-electron chi connectivity index (χ4n) is 2.22. The Morgan fingerprint density at radius 3 is 2.79 bits per heavy atom. The number of β-amino-alcohol motifs (C(OH)–C–C–N with tert-alkyl or cyclic N) is 1. The van der Waals surface area contributed by atoms with Crippen LogP contribution in [0.1, 0.15) is 29.3 Å². The van der Waals surface area contributed by atoms with Gasteiger partial charge in [0.05, 0.1) is 6.10 Å². The molecule has 2 rings (SSSR count). The second kappa shape index (κ2) is 5.67. The molecular weight excluding hydrogens is 260 g/mol. The Hall–Kier alpha value is -1.46. The topological polar surface area (TPSA) is 66.6 Å². The van der Waals surface area contributed by atoms with Crippen molar-refractivity contribution in [1.29, 1.82) is 0 Å². The van der Waals surface area contributed by atoms with Crippen molar-refractivity contribution in [2.45, 2.75) is 19.4 Å². The number of rotatable bonds is 2. The number of hydrogen-bond acceptors (Lipinski definition) is 3. The molecule has 2 unspecified atom stereocenters. The van der Waals surface area contributed by atoms with E-state index in [1.807, 2.05) is 6.92 Å². The van der Waals surface area contributed by atoms with Crippen LogP contribution in [0.25, 0.3) is 0 Å². The highest BCUT2D eigenvalue weighted by Gasteiger charge is 2.27. The van der Waals surface area contributed by atoms with Crippen LogP contribution >= 0.6 is 12.2 Å². The molecule has 102 valence electrons. The number of aliphatic hydroxyl groups excluding tert-OH is 1. The summed E-state index contributed by atoms with van der Waals surface area (Å²) in [5, 5.41) is 9.85. The third-order valence-corrected chi connectivity index (χ3v) is 3.84. The Morgan fingerprint density at radius 1 is 1.47 bits per heavy atom. The molecule has 0 radical (unpaired) electrons. The number of amides is 1. The molecule has 1 heterocycles. The van der Waals surface area contributed by atoms with Gasteiger partial charge in [-0.05, 0) is 24.5 Å². The number of piperidine rings is 1. The summed E-state index contributed by atoms with van der Waals surface area (Å²) >= 11 is 4.91. The maximum absolute atomic E-state index is 12.4. The van der Waals surface area contributed by atoms with E-state index in [0.29, 0.717) is 24.2 Å². The molecule has 1 fully saturated rings. The molecule has 3 N–H and O–H groups in total. The van der Waals surface area contributed by atoms with Crippen LogP contribution in [0.2, 0.25) is 0 Å². The number of thiocarbonyl (C=S) groups is 1. The van der Waals surface area contributed by atoms with Gasteiger partial charge in [0.25, 0.3) is 5.91 Å². The van der Waals surface area contributed by atoms with E-state index in [-0.39, 0.29) is 16.8 Å². The number of carbonyl (C=O) groups excluding carboxylic acids is 1. The molecular formula is C14H18N2O2S. The summed E-state index contributed by atoms with van der Waals surface area (Å²) in [5.74, 6) is 0.163. The lowest BCUT2D eigenvalue weighted by Gasteiger charge is -2.34. The highest BCUT2D eigenvalue weighted by molar-refractivity contribution is 7.80. The summed E-state index contributed by atoms with van der Waals surface area (Å²) in [4.78, 5) is 14.3. The molecule has 4 nitrogen and oxygen atoms in total. The first-order chi connectivity index (χ1) is 8.99. The van der Waals surface area contributed by atoms with Gasteiger partial charge in [-0.3, -0.25) is 4.79 Å². The lowest BCUT2D eigenvalue weighted by atomic mass is 9.95. The maximum Gasteiger partial charge on any atom is 0.253 e. The third kappa shape index (κ3) is 3.11. The van der Waals surface area contributed by atoms with E-state index < -0.39 is 6.10 Å². The van der Waals surface area contributed by atoms with Gasteiger partial charge in [0.15, 0.2) is 0 Å². The van der Waals surface area contributed by atoms with E-state index in [4.69, 9.17) is 18.0 Å². The standard InChI is InChI=1S/C14H18N2O2S/c1-9-5-6-16(8-12(9)17)14(18)11-4-2-3-10(7-11)13(15)19/h2-4,7,9,12,17H,5-6,8H2,1H3,(H2,15,19). The van der Waals surface area contributed by atoms with E-state index >= 15 is 0 Å². The summed E-state index contributed by atoms with van der Waals surface area (Å²) < 4.78 is 0. The molecule has 1 amide bonds. The van der Waals surface area contributed by atoms with Crippen molar-refractivity contribution < 1.29 is 9.90 Å². The van der Waals surface area contributed by atoms with Crippen molar-refractivity contribution in [1.82, 2.24) is 4.90 Å². The average Bonchev–Trinajstić information content (AvgIpc) is 2.41. The zero-order valence-corrected chi connectivity index (χ0v) is 11.7. The normalized spacial score (nSPS) is 23.2. The summed E-state index contributed by atoms with van der Waals surface area (Å²) in [7, 11) is 0. The highest BCUT2D eigenvalue weighted by Crippen LogP contribution is 2.19. The Kier molecular flexibility index (Phi) is 4.17. The number of nitrogens with zero attached hydrogens (tertiary/aromatic N) is 1. The van der Waals surface area contributed by atoms with E-state index in [2.05, 4.69) is 0 Å². The minimum Gasteiger partial charge on any atom is -0.391 e. The Bertz CT molecular complexity index is 504. The van der Waals surface area contributed by atoms with Crippen molar-refractivity contribution in [3.8, 4) is 0 Å². The molecule has 0 aromatic heterocycles. The Balaban J connectivity index is 2.16. The first-order valence-corrected chi connectivity index (χ1v) is 6.77. The smallest absolute Gasteiger partial charge is 0.253 e. The summed E-state index contributed by atoms with van der Waals surface area (Å²) in [5.41, 5.74) is 6.82. The van der Waals surface area contributed by atoms with E-state index in [0.717, 1.165) is 6.42 Å². The van der Waals surface area contributed by atoms with Crippen LogP contribution in [0.15, 0.2) is 24.3 Å². The molecule has 1 aromatic carbocycles. The molecule has 1 aromatic rings.